The number of benzene rings is 1. The van der Waals surface area contributed by atoms with Gasteiger partial charge in [0.25, 0.3) is 0 Å². The molecule has 1 fully saturated rings. The van der Waals surface area contributed by atoms with Gasteiger partial charge in [0, 0.05) is 26.0 Å². The molecule has 1 aliphatic heterocycles. The summed E-state index contributed by atoms with van der Waals surface area (Å²) in [5, 5.41) is 0. The van der Waals surface area contributed by atoms with E-state index in [9.17, 15) is 4.79 Å². The molecule has 1 aliphatic rings. The second-order valence-electron chi connectivity index (χ2n) is 6.08. The van der Waals surface area contributed by atoms with Crippen LogP contribution in [0.3, 0.4) is 0 Å². The summed E-state index contributed by atoms with van der Waals surface area (Å²) in [6.45, 7) is 3.24. The predicted octanol–water partition coefficient (Wildman–Crippen LogP) is 2.58. The fraction of sp³-hybridized carbons (Fsp3) is 0.389. The standard InChI is InChI=1S/C18H22N4O/c1-14-5-3-6-15(11-14)16-7-4-10-22(16)18(23)13-21(2)17-12-19-8-9-20-17/h3,5-6,8-9,11-12,16H,4,7,10,13H2,1-2H3. The van der Waals surface area contributed by atoms with Crippen molar-refractivity contribution in [3.05, 3.63) is 54.0 Å². The number of nitrogens with zero attached hydrogens (tertiary/aromatic N) is 4. The van der Waals surface area contributed by atoms with E-state index in [1.807, 2.05) is 16.8 Å². The van der Waals surface area contributed by atoms with E-state index in [-0.39, 0.29) is 11.9 Å². The molecule has 0 radical (unpaired) electrons. The summed E-state index contributed by atoms with van der Waals surface area (Å²) in [5.74, 6) is 0.856. The van der Waals surface area contributed by atoms with Crippen molar-refractivity contribution >= 4 is 11.7 Å². The Morgan fingerprint density at radius 1 is 1.39 bits per heavy atom. The number of amides is 1. The number of aryl methyl sites for hydroxylation is 1. The lowest BCUT2D eigenvalue weighted by Crippen LogP contribution is -2.39. The maximum atomic E-state index is 12.7. The summed E-state index contributed by atoms with van der Waals surface area (Å²) < 4.78 is 0. The fourth-order valence-electron chi connectivity index (χ4n) is 3.15. The summed E-state index contributed by atoms with van der Waals surface area (Å²) in [5.41, 5.74) is 2.47. The molecule has 1 atom stereocenters. The van der Waals surface area contributed by atoms with Gasteiger partial charge in [0.2, 0.25) is 5.91 Å². The zero-order valence-corrected chi connectivity index (χ0v) is 13.6. The van der Waals surface area contributed by atoms with Crippen LogP contribution >= 0.6 is 0 Å². The number of likely N-dealkylation sites (tertiary alicyclic amines) is 1. The number of carbonyl (C=O) groups is 1. The van der Waals surface area contributed by atoms with Gasteiger partial charge < -0.3 is 9.80 Å². The molecule has 1 aromatic carbocycles. The van der Waals surface area contributed by atoms with Gasteiger partial charge in [-0.05, 0) is 25.3 Å². The van der Waals surface area contributed by atoms with Crippen LogP contribution in [0.25, 0.3) is 0 Å². The lowest BCUT2D eigenvalue weighted by atomic mass is 10.0. The number of carbonyl (C=O) groups excluding carboxylic acids is 1. The van der Waals surface area contributed by atoms with E-state index >= 15 is 0 Å². The Balaban J connectivity index is 1.71. The second-order valence-corrected chi connectivity index (χ2v) is 6.08. The minimum absolute atomic E-state index is 0.141. The minimum atomic E-state index is 0.141. The van der Waals surface area contributed by atoms with Gasteiger partial charge >= 0.3 is 0 Å². The Kier molecular flexibility index (Phi) is 4.55. The van der Waals surface area contributed by atoms with Crippen LogP contribution in [0.2, 0.25) is 0 Å². The third kappa shape index (κ3) is 3.50. The first kappa shape index (κ1) is 15.5. The zero-order valence-electron chi connectivity index (χ0n) is 13.6. The van der Waals surface area contributed by atoms with E-state index in [1.165, 1.54) is 11.1 Å². The Hall–Kier alpha value is -2.43. The van der Waals surface area contributed by atoms with Gasteiger partial charge in [-0.3, -0.25) is 9.78 Å². The van der Waals surface area contributed by atoms with E-state index in [2.05, 4.69) is 41.2 Å². The van der Waals surface area contributed by atoms with Gasteiger partial charge in [-0.25, -0.2) is 4.98 Å². The SMILES string of the molecule is Cc1cccc(C2CCCN2C(=O)CN(C)c2cnccn2)c1. The van der Waals surface area contributed by atoms with Crippen molar-refractivity contribution in [2.45, 2.75) is 25.8 Å². The molecule has 5 heteroatoms. The van der Waals surface area contributed by atoms with E-state index < -0.39 is 0 Å². The molecule has 0 saturated carbocycles. The molecule has 0 N–H and O–H groups in total. The van der Waals surface area contributed by atoms with Crippen LogP contribution in [0.5, 0.6) is 0 Å². The fourth-order valence-corrected chi connectivity index (χ4v) is 3.15. The summed E-state index contributed by atoms with van der Waals surface area (Å²) in [6, 6.07) is 8.65. The third-order valence-electron chi connectivity index (χ3n) is 4.31. The molecule has 0 aliphatic carbocycles. The molecule has 3 rings (SSSR count). The van der Waals surface area contributed by atoms with Gasteiger partial charge in [-0.2, -0.15) is 0 Å². The third-order valence-corrected chi connectivity index (χ3v) is 4.31. The van der Waals surface area contributed by atoms with Crippen molar-refractivity contribution in [2.75, 3.05) is 25.0 Å². The van der Waals surface area contributed by atoms with E-state index in [4.69, 9.17) is 0 Å². The maximum absolute atomic E-state index is 12.7. The maximum Gasteiger partial charge on any atom is 0.242 e. The first-order valence-electron chi connectivity index (χ1n) is 7.98. The van der Waals surface area contributed by atoms with Crippen molar-refractivity contribution in [1.29, 1.82) is 0 Å². The highest BCUT2D eigenvalue weighted by Gasteiger charge is 2.30. The van der Waals surface area contributed by atoms with Crippen molar-refractivity contribution < 1.29 is 4.79 Å². The molecule has 0 bridgehead atoms. The summed E-state index contributed by atoms with van der Waals surface area (Å²) >= 11 is 0. The molecule has 5 nitrogen and oxygen atoms in total. The first-order chi connectivity index (χ1) is 11.1. The minimum Gasteiger partial charge on any atom is -0.349 e. The first-order valence-corrected chi connectivity index (χ1v) is 7.98. The highest BCUT2D eigenvalue weighted by Crippen LogP contribution is 2.32. The van der Waals surface area contributed by atoms with Crippen molar-refractivity contribution in [2.24, 2.45) is 0 Å². The quantitative estimate of drug-likeness (QED) is 0.871. The van der Waals surface area contributed by atoms with Gasteiger partial charge in [0.15, 0.2) is 0 Å². The smallest absolute Gasteiger partial charge is 0.242 e. The molecule has 2 aromatic rings. The van der Waals surface area contributed by atoms with Crippen molar-refractivity contribution in [3.8, 4) is 0 Å². The predicted molar refractivity (Wildman–Crippen MR) is 90.2 cm³/mol. The summed E-state index contributed by atoms with van der Waals surface area (Å²) in [7, 11) is 1.87. The number of hydrogen-bond donors (Lipinski definition) is 0. The normalized spacial score (nSPS) is 17.3. The average Bonchev–Trinajstić information content (AvgIpc) is 3.05. The Labute approximate surface area is 137 Å². The van der Waals surface area contributed by atoms with E-state index in [0.717, 1.165) is 19.4 Å². The van der Waals surface area contributed by atoms with Gasteiger partial charge in [-0.15, -0.1) is 0 Å². The molecular weight excluding hydrogens is 288 g/mol. The molecule has 1 amide bonds. The van der Waals surface area contributed by atoms with Crippen LogP contribution in [0, 0.1) is 6.92 Å². The molecule has 1 aromatic heterocycles. The zero-order chi connectivity index (χ0) is 16.2. The van der Waals surface area contributed by atoms with Crippen molar-refractivity contribution in [1.82, 2.24) is 14.9 Å². The van der Waals surface area contributed by atoms with Gasteiger partial charge in [0.1, 0.15) is 5.82 Å². The van der Waals surface area contributed by atoms with Crippen LogP contribution in [-0.2, 0) is 4.79 Å². The highest BCUT2D eigenvalue weighted by molar-refractivity contribution is 5.81. The Morgan fingerprint density at radius 3 is 3.00 bits per heavy atom. The van der Waals surface area contributed by atoms with Crippen LogP contribution < -0.4 is 4.90 Å². The average molecular weight is 310 g/mol. The molecule has 120 valence electrons. The largest absolute Gasteiger partial charge is 0.349 e. The molecule has 0 spiro atoms. The molecule has 23 heavy (non-hydrogen) atoms. The number of anilines is 1. The molecule has 2 heterocycles. The number of rotatable bonds is 4. The molecule has 1 unspecified atom stereocenters. The Morgan fingerprint density at radius 2 is 2.26 bits per heavy atom. The number of likely N-dealkylation sites (N-methyl/N-ethyl adjacent to an activating group) is 1. The van der Waals surface area contributed by atoms with Gasteiger partial charge in [-0.1, -0.05) is 29.8 Å². The van der Waals surface area contributed by atoms with Gasteiger partial charge in [0.05, 0.1) is 18.8 Å². The Bertz CT molecular complexity index is 674. The lowest BCUT2D eigenvalue weighted by Gasteiger charge is -2.28. The van der Waals surface area contributed by atoms with E-state index in [0.29, 0.717) is 12.4 Å². The number of aromatic nitrogens is 2. The van der Waals surface area contributed by atoms with E-state index in [1.54, 1.807) is 18.6 Å². The second kappa shape index (κ2) is 6.77. The molecule has 1 saturated heterocycles. The number of hydrogen-bond acceptors (Lipinski definition) is 4. The van der Waals surface area contributed by atoms with Crippen LogP contribution in [0.1, 0.15) is 30.0 Å². The topological polar surface area (TPSA) is 49.3 Å². The highest BCUT2D eigenvalue weighted by atomic mass is 16.2. The lowest BCUT2D eigenvalue weighted by molar-refractivity contribution is -0.130. The summed E-state index contributed by atoms with van der Waals surface area (Å²) in [6.07, 6.45) is 7.04. The van der Waals surface area contributed by atoms with Crippen LogP contribution in [0.4, 0.5) is 5.82 Å². The van der Waals surface area contributed by atoms with Crippen LogP contribution in [0.15, 0.2) is 42.9 Å². The van der Waals surface area contributed by atoms with Crippen molar-refractivity contribution in [3.63, 3.8) is 0 Å². The monoisotopic (exact) mass is 310 g/mol. The molecular formula is C18H22N4O. The summed E-state index contributed by atoms with van der Waals surface area (Å²) in [4.78, 5) is 24.9. The van der Waals surface area contributed by atoms with Crippen LogP contribution in [-0.4, -0.2) is 40.9 Å².